The molecule has 4 rings (SSSR count). The SMILES string of the molecule is Clc1cc(CN2CCN(c3ncccn3)CC2)c2ccccc2n1. The van der Waals surface area contributed by atoms with E-state index in [1.54, 1.807) is 12.4 Å². The van der Waals surface area contributed by atoms with Gasteiger partial charge in [0, 0.05) is 50.5 Å². The Kier molecular flexibility index (Phi) is 4.28. The minimum Gasteiger partial charge on any atom is -0.338 e. The van der Waals surface area contributed by atoms with Gasteiger partial charge in [-0.2, -0.15) is 0 Å². The van der Waals surface area contributed by atoms with Crippen molar-refractivity contribution in [1.82, 2.24) is 19.9 Å². The molecule has 1 saturated heterocycles. The standard InChI is InChI=1S/C18H18ClN5/c19-17-12-14(15-4-1-2-5-16(15)22-17)13-23-8-10-24(11-9-23)18-20-6-3-7-21-18/h1-7,12H,8-11,13H2. The summed E-state index contributed by atoms with van der Waals surface area (Å²) >= 11 is 6.19. The second kappa shape index (κ2) is 6.71. The largest absolute Gasteiger partial charge is 0.338 e. The summed E-state index contributed by atoms with van der Waals surface area (Å²) < 4.78 is 0. The number of piperazine rings is 1. The molecule has 0 spiro atoms. The van der Waals surface area contributed by atoms with Gasteiger partial charge < -0.3 is 4.90 Å². The number of nitrogens with zero attached hydrogens (tertiary/aromatic N) is 5. The van der Waals surface area contributed by atoms with Gasteiger partial charge in [-0.05, 0) is 23.8 Å². The number of benzene rings is 1. The molecule has 0 N–H and O–H groups in total. The average molecular weight is 340 g/mol. The van der Waals surface area contributed by atoms with Crippen LogP contribution in [0.4, 0.5) is 5.95 Å². The van der Waals surface area contributed by atoms with Gasteiger partial charge in [0.1, 0.15) is 5.15 Å². The van der Waals surface area contributed by atoms with E-state index in [0.29, 0.717) is 5.15 Å². The summed E-state index contributed by atoms with van der Waals surface area (Å²) in [5, 5.41) is 1.73. The number of aromatic nitrogens is 3. The highest BCUT2D eigenvalue weighted by molar-refractivity contribution is 6.29. The molecule has 122 valence electrons. The normalized spacial score (nSPS) is 15.8. The van der Waals surface area contributed by atoms with Gasteiger partial charge in [-0.15, -0.1) is 0 Å². The minimum atomic E-state index is 0.556. The van der Waals surface area contributed by atoms with Crippen molar-refractivity contribution in [3.8, 4) is 0 Å². The van der Waals surface area contributed by atoms with E-state index in [4.69, 9.17) is 11.6 Å². The molecule has 0 amide bonds. The molecule has 6 heteroatoms. The molecule has 0 radical (unpaired) electrons. The summed E-state index contributed by atoms with van der Waals surface area (Å²) in [6.07, 6.45) is 3.58. The van der Waals surface area contributed by atoms with Gasteiger partial charge in [0.2, 0.25) is 5.95 Å². The average Bonchev–Trinajstić information content (AvgIpc) is 2.63. The summed E-state index contributed by atoms with van der Waals surface area (Å²) in [6.45, 7) is 4.70. The van der Waals surface area contributed by atoms with E-state index in [9.17, 15) is 0 Å². The molecule has 24 heavy (non-hydrogen) atoms. The van der Waals surface area contributed by atoms with Gasteiger partial charge in [-0.25, -0.2) is 15.0 Å². The lowest BCUT2D eigenvalue weighted by atomic mass is 10.1. The maximum absolute atomic E-state index is 6.19. The zero-order chi connectivity index (χ0) is 16.4. The first-order chi connectivity index (χ1) is 11.8. The molecule has 0 aliphatic carbocycles. The van der Waals surface area contributed by atoms with Crippen molar-refractivity contribution in [2.45, 2.75) is 6.54 Å². The fourth-order valence-electron chi connectivity index (χ4n) is 3.14. The summed E-state index contributed by atoms with van der Waals surface area (Å²) in [7, 11) is 0. The smallest absolute Gasteiger partial charge is 0.225 e. The number of rotatable bonds is 3. The van der Waals surface area contributed by atoms with Gasteiger partial charge in [-0.3, -0.25) is 4.90 Å². The van der Waals surface area contributed by atoms with E-state index >= 15 is 0 Å². The van der Waals surface area contributed by atoms with Crippen LogP contribution in [0.25, 0.3) is 10.9 Å². The first-order valence-corrected chi connectivity index (χ1v) is 8.46. The zero-order valence-corrected chi connectivity index (χ0v) is 14.0. The van der Waals surface area contributed by atoms with Gasteiger partial charge in [-0.1, -0.05) is 29.8 Å². The van der Waals surface area contributed by atoms with E-state index in [1.165, 1.54) is 10.9 Å². The van der Waals surface area contributed by atoms with Crippen LogP contribution in [0.5, 0.6) is 0 Å². The molecule has 0 unspecified atom stereocenters. The first-order valence-electron chi connectivity index (χ1n) is 8.08. The summed E-state index contributed by atoms with van der Waals surface area (Å²) in [4.78, 5) is 17.7. The number of hydrogen-bond donors (Lipinski definition) is 0. The van der Waals surface area contributed by atoms with Gasteiger partial charge >= 0.3 is 0 Å². The van der Waals surface area contributed by atoms with Crippen molar-refractivity contribution in [3.05, 3.63) is 59.5 Å². The van der Waals surface area contributed by atoms with Crippen LogP contribution in [0.3, 0.4) is 0 Å². The Morgan fingerprint density at radius 1 is 0.958 bits per heavy atom. The molecule has 2 aromatic heterocycles. The topological polar surface area (TPSA) is 45.2 Å². The maximum Gasteiger partial charge on any atom is 0.225 e. The third-order valence-corrected chi connectivity index (χ3v) is 4.57. The van der Waals surface area contributed by atoms with Crippen LogP contribution in [0.15, 0.2) is 48.8 Å². The highest BCUT2D eigenvalue weighted by Gasteiger charge is 2.19. The summed E-state index contributed by atoms with van der Waals surface area (Å²) in [6, 6.07) is 12.0. The Morgan fingerprint density at radius 3 is 2.50 bits per heavy atom. The van der Waals surface area contributed by atoms with Crippen LogP contribution in [0, 0.1) is 0 Å². The molecule has 1 aliphatic heterocycles. The number of hydrogen-bond acceptors (Lipinski definition) is 5. The quantitative estimate of drug-likeness (QED) is 0.686. The molecule has 3 aromatic rings. The number of pyridine rings is 1. The highest BCUT2D eigenvalue weighted by Crippen LogP contribution is 2.23. The van der Waals surface area contributed by atoms with Crippen LogP contribution in [-0.4, -0.2) is 46.0 Å². The number of anilines is 1. The van der Waals surface area contributed by atoms with Crippen molar-refractivity contribution in [3.63, 3.8) is 0 Å². The molecular formula is C18H18ClN5. The fourth-order valence-corrected chi connectivity index (χ4v) is 3.37. The summed E-state index contributed by atoms with van der Waals surface area (Å²) in [5.74, 6) is 0.814. The Bertz CT molecular complexity index is 831. The lowest BCUT2D eigenvalue weighted by Gasteiger charge is -2.34. The lowest BCUT2D eigenvalue weighted by molar-refractivity contribution is 0.249. The van der Waals surface area contributed by atoms with Crippen LogP contribution in [0.1, 0.15) is 5.56 Å². The zero-order valence-electron chi connectivity index (χ0n) is 13.3. The Hall–Kier alpha value is -2.24. The van der Waals surface area contributed by atoms with Crippen LogP contribution < -0.4 is 4.90 Å². The Morgan fingerprint density at radius 2 is 1.71 bits per heavy atom. The van der Waals surface area contributed by atoms with E-state index in [0.717, 1.165) is 44.2 Å². The van der Waals surface area contributed by atoms with Gasteiger partial charge in [0.25, 0.3) is 0 Å². The molecule has 0 bridgehead atoms. The summed E-state index contributed by atoms with van der Waals surface area (Å²) in [5.41, 5.74) is 2.19. The van der Waals surface area contributed by atoms with Crippen molar-refractivity contribution < 1.29 is 0 Å². The molecule has 1 fully saturated rings. The highest BCUT2D eigenvalue weighted by atomic mass is 35.5. The Balaban J connectivity index is 1.48. The minimum absolute atomic E-state index is 0.556. The predicted molar refractivity (Wildman–Crippen MR) is 96.3 cm³/mol. The van der Waals surface area contributed by atoms with Crippen molar-refractivity contribution in [2.75, 3.05) is 31.1 Å². The van der Waals surface area contributed by atoms with E-state index in [2.05, 4.69) is 30.8 Å². The van der Waals surface area contributed by atoms with Crippen LogP contribution in [-0.2, 0) is 6.54 Å². The molecule has 5 nitrogen and oxygen atoms in total. The predicted octanol–water partition coefficient (Wildman–Crippen LogP) is 3.00. The molecule has 3 heterocycles. The van der Waals surface area contributed by atoms with Gasteiger partial charge in [0.05, 0.1) is 5.52 Å². The van der Waals surface area contributed by atoms with Crippen molar-refractivity contribution in [1.29, 1.82) is 0 Å². The molecule has 1 aliphatic rings. The van der Waals surface area contributed by atoms with Crippen LogP contribution >= 0.6 is 11.6 Å². The van der Waals surface area contributed by atoms with E-state index < -0.39 is 0 Å². The third-order valence-electron chi connectivity index (χ3n) is 4.37. The monoisotopic (exact) mass is 339 g/mol. The molecule has 0 saturated carbocycles. The number of fused-ring (bicyclic) bond motifs is 1. The number of halogens is 1. The number of para-hydroxylation sites is 1. The maximum atomic E-state index is 6.19. The van der Waals surface area contributed by atoms with Gasteiger partial charge in [0.15, 0.2) is 0 Å². The van der Waals surface area contributed by atoms with E-state index in [1.807, 2.05) is 30.3 Å². The second-order valence-corrected chi connectivity index (χ2v) is 6.32. The van der Waals surface area contributed by atoms with E-state index in [-0.39, 0.29) is 0 Å². The molecule has 0 atom stereocenters. The fraction of sp³-hybridized carbons (Fsp3) is 0.278. The molecule has 1 aromatic carbocycles. The second-order valence-electron chi connectivity index (χ2n) is 5.93. The first kappa shape index (κ1) is 15.3. The van der Waals surface area contributed by atoms with Crippen molar-refractivity contribution >= 4 is 28.5 Å². The lowest BCUT2D eigenvalue weighted by Crippen LogP contribution is -2.46. The third kappa shape index (κ3) is 3.18. The van der Waals surface area contributed by atoms with Crippen molar-refractivity contribution in [2.24, 2.45) is 0 Å². The molecular weight excluding hydrogens is 322 g/mol. The Labute approximate surface area is 145 Å². The van der Waals surface area contributed by atoms with Crippen LogP contribution in [0.2, 0.25) is 5.15 Å².